The summed E-state index contributed by atoms with van der Waals surface area (Å²) in [4.78, 5) is 37.9. The smallest absolute Gasteiger partial charge is 0.306 e. The molecule has 0 saturated carbocycles. The van der Waals surface area contributed by atoms with Crippen molar-refractivity contribution < 1.29 is 28.6 Å². The van der Waals surface area contributed by atoms with Crippen LogP contribution in [0.5, 0.6) is 0 Å². The van der Waals surface area contributed by atoms with Gasteiger partial charge in [0.25, 0.3) is 0 Å². The van der Waals surface area contributed by atoms with Crippen molar-refractivity contribution in [2.24, 2.45) is 0 Å². The van der Waals surface area contributed by atoms with Crippen LogP contribution in [0.25, 0.3) is 0 Å². The van der Waals surface area contributed by atoms with E-state index in [1.807, 2.05) is 0 Å². The minimum atomic E-state index is -0.781. The highest BCUT2D eigenvalue weighted by Gasteiger charge is 2.19. The van der Waals surface area contributed by atoms with Gasteiger partial charge in [-0.05, 0) is 89.9 Å². The molecular formula is C58H100O6. The Kier molecular flexibility index (Phi) is 49.9. The molecule has 6 nitrogen and oxygen atoms in total. The van der Waals surface area contributed by atoms with Crippen LogP contribution in [0.15, 0.2) is 72.9 Å². The van der Waals surface area contributed by atoms with Gasteiger partial charge in [-0.25, -0.2) is 0 Å². The second-order valence-corrected chi connectivity index (χ2v) is 17.8. The highest BCUT2D eigenvalue weighted by Crippen LogP contribution is 2.14. The molecule has 0 saturated heterocycles. The van der Waals surface area contributed by atoms with Crippen LogP contribution in [0.4, 0.5) is 0 Å². The number of carbonyl (C=O) groups excluding carboxylic acids is 3. The van der Waals surface area contributed by atoms with Gasteiger partial charge in [-0.2, -0.15) is 0 Å². The first-order valence-corrected chi connectivity index (χ1v) is 26.9. The van der Waals surface area contributed by atoms with Crippen LogP contribution in [0, 0.1) is 0 Å². The fourth-order valence-corrected chi connectivity index (χ4v) is 7.40. The molecule has 0 aliphatic rings. The third-order valence-electron chi connectivity index (χ3n) is 11.4. The van der Waals surface area contributed by atoms with Gasteiger partial charge >= 0.3 is 17.9 Å². The molecule has 0 amide bonds. The summed E-state index contributed by atoms with van der Waals surface area (Å²) in [6.07, 6.45) is 66.1. The van der Waals surface area contributed by atoms with Gasteiger partial charge in [-0.15, -0.1) is 0 Å². The summed E-state index contributed by atoms with van der Waals surface area (Å²) in [6.45, 7) is 6.48. The Morgan fingerprint density at radius 2 is 0.609 bits per heavy atom. The molecule has 6 heteroatoms. The van der Waals surface area contributed by atoms with Crippen molar-refractivity contribution in [1.29, 1.82) is 0 Å². The monoisotopic (exact) mass is 893 g/mol. The van der Waals surface area contributed by atoms with Crippen molar-refractivity contribution in [2.45, 2.75) is 264 Å². The summed E-state index contributed by atoms with van der Waals surface area (Å²) in [7, 11) is 0. The first-order valence-electron chi connectivity index (χ1n) is 26.9. The number of carbonyl (C=O) groups is 3. The zero-order chi connectivity index (χ0) is 46.5. The average molecular weight is 893 g/mol. The van der Waals surface area contributed by atoms with Crippen molar-refractivity contribution >= 4 is 17.9 Å². The molecule has 0 fully saturated rings. The lowest BCUT2D eigenvalue weighted by Crippen LogP contribution is -2.30. The predicted octanol–water partition coefficient (Wildman–Crippen LogP) is 17.8. The molecule has 0 heterocycles. The van der Waals surface area contributed by atoms with Crippen LogP contribution >= 0.6 is 0 Å². The molecule has 0 aromatic rings. The van der Waals surface area contributed by atoms with Crippen LogP contribution in [-0.4, -0.2) is 37.2 Å². The highest BCUT2D eigenvalue weighted by molar-refractivity contribution is 5.71. The van der Waals surface area contributed by atoms with E-state index >= 15 is 0 Å². The van der Waals surface area contributed by atoms with Gasteiger partial charge in [0.05, 0.1) is 0 Å². The van der Waals surface area contributed by atoms with Gasteiger partial charge in [0.15, 0.2) is 6.10 Å². The van der Waals surface area contributed by atoms with Crippen molar-refractivity contribution in [2.75, 3.05) is 13.2 Å². The fourth-order valence-electron chi connectivity index (χ4n) is 7.40. The quantitative estimate of drug-likeness (QED) is 0.0262. The summed E-state index contributed by atoms with van der Waals surface area (Å²) in [5.41, 5.74) is 0. The normalized spacial score (nSPS) is 12.6. The van der Waals surface area contributed by atoms with Crippen LogP contribution in [0.2, 0.25) is 0 Å². The van der Waals surface area contributed by atoms with Crippen LogP contribution < -0.4 is 0 Å². The van der Waals surface area contributed by atoms with Crippen LogP contribution in [0.1, 0.15) is 258 Å². The van der Waals surface area contributed by atoms with Gasteiger partial charge in [-0.3, -0.25) is 14.4 Å². The van der Waals surface area contributed by atoms with E-state index in [0.29, 0.717) is 19.3 Å². The SMILES string of the molecule is CC/C=C\C/C=C\C/C=C\C/C=C\C/C=C\CCCCCCCCCC(=O)OCC(COC(=O)CCCCCCCCCC)OC(=O)CCCCCCC/C=C\CCCCCCCC. The number of hydrogen-bond donors (Lipinski definition) is 0. The minimum absolute atomic E-state index is 0.0810. The van der Waals surface area contributed by atoms with Gasteiger partial charge in [0, 0.05) is 19.3 Å². The first kappa shape index (κ1) is 60.9. The van der Waals surface area contributed by atoms with Crippen molar-refractivity contribution in [1.82, 2.24) is 0 Å². The summed E-state index contributed by atoms with van der Waals surface area (Å²) < 4.78 is 16.8. The largest absolute Gasteiger partial charge is 0.462 e. The van der Waals surface area contributed by atoms with Crippen molar-refractivity contribution in [3.8, 4) is 0 Å². The van der Waals surface area contributed by atoms with Crippen LogP contribution in [0.3, 0.4) is 0 Å². The van der Waals surface area contributed by atoms with E-state index < -0.39 is 6.10 Å². The van der Waals surface area contributed by atoms with Gasteiger partial charge < -0.3 is 14.2 Å². The Labute approximate surface area is 395 Å². The molecule has 1 unspecified atom stereocenters. The Bertz CT molecular complexity index is 1210. The molecule has 64 heavy (non-hydrogen) atoms. The topological polar surface area (TPSA) is 78.9 Å². The molecule has 0 aliphatic heterocycles. The van der Waals surface area contributed by atoms with E-state index in [1.54, 1.807) is 0 Å². The Morgan fingerprint density at radius 1 is 0.328 bits per heavy atom. The second kappa shape index (κ2) is 52.5. The van der Waals surface area contributed by atoms with Crippen LogP contribution in [-0.2, 0) is 28.6 Å². The molecule has 0 aliphatic carbocycles. The average Bonchev–Trinajstić information content (AvgIpc) is 3.29. The Morgan fingerprint density at radius 3 is 0.969 bits per heavy atom. The number of unbranched alkanes of at least 4 members (excludes halogenated alkanes) is 25. The minimum Gasteiger partial charge on any atom is -0.462 e. The van der Waals surface area contributed by atoms with Crippen molar-refractivity contribution in [3.63, 3.8) is 0 Å². The number of allylic oxidation sites excluding steroid dienone is 12. The molecule has 0 N–H and O–H groups in total. The number of ether oxygens (including phenoxy) is 3. The summed E-state index contributed by atoms with van der Waals surface area (Å²) >= 11 is 0. The molecule has 0 rings (SSSR count). The van der Waals surface area contributed by atoms with E-state index in [4.69, 9.17) is 14.2 Å². The van der Waals surface area contributed by atoms with E-state index in [0.717, 1.165) is 109 Å². The Balaban J connectivity index is 4.28. The number of rotatable bonds is 48. The first-order chi connectivity index (χ1) is 31.5. The number of esters is 3. The number of hydrogen-bond acceptors (Lipinski definition) is 6. The molecule has 0 radical (unpaired) electrons. The zero-order valence-electron chi connectivity index (χ0n) is 42.0. The van der Waals surface area contributed by atoms with E-state index in [1.165, 1.54) is 109 Å². The van der Waals surface area contributed by atoms with E-state index in [-0.39, 0.29) is 31.1 Å². The highest BCUT2D eigenvalue weighted by atomic mass is 16.6. The molecule has 0 aromatic carbocycles. The maximum Gasteiger partial charge on any atom is 0.306 e. The lowest BCUT2D eigenvalue weighted by atomic mass is 10.1. The van der Waals surface area contributed by atoms with E-state index in [9.17, 15) is 14.4 Å². The molecule has 0 spiro atoms. The fraction of sp³-hybridized carbons (Fsp3) is 0.741. The second-order valence-electron chi connectivity index (χ2n) is 17.8. The standard InChI is InChI=1S/C58H100O6/c1-4-7-10-13-16-19-21-23-25-26-27-28-29-30-31-32-34-35-37-39-42-45-48-51-57(60)63-54-55(53-62-56(59)50-47-44-41-18-15-12-9-6-3)64-58(61)52-49-46-43-40-38-36-33-24-22-20-17-14-11-8-5-2/h7,10,16,19,23-25,27-28,30-31,33,55H,4-6,8-9,11-15,17-18,20-22,26,29,32,34-54H2,1-3H3/b10-7-,19-16-,25-23-,28-27-,31-30-,33-24-. The molecule has 1 atom stereocenters. The molecule has 0 aromatic heterocycles. The van der Waals surface area contributed by atoms with Gasteiger partial charge in [0.1, 0.15) is 13.2 Å². The van der Waals surface area contributed by atoms with Gasteiger partial charge in [-0.1, -0.05) is 222 Å². The summed E-state index contributed by atoms with van der Waals surface area (Å²) in [6, 6.07) is 0. The molecular weight excluding hydrogens is 793 g/mol. The molecule has 368 valence electrons. The Hall–Kier alpha value is -3.15. The summed E-state index contributed by atoms with van der Waals surface area (Å²) in [5.74, 6) is -0.902. The maximum absolute atomic E-state index is 12.8. The zero-order valence-corrected chi connectivity index (χ0v) is 42.0. The van der Waals surface area contributed by atoms with E-state index in [2.05, 4.69) is 93.7 Å². The molecule has 0 bridgehead atoms. The third-order valence-corrected chi connectivity index (χ3v) is 11.4. The summed E-state index contributed by atoms with van der Waals surface area (Å²) in [5, 5.41) is 0. The van der Waals surface area contributed by atoms with Gasteiger partial charge in [0.2, 0.25) is 0 Å². The maximum atomic E-state index is 12.8. The predicted molar refractivity (Wildman–Crippen MR) is 274 cm³/mol. The lowest BCUT2D eigenvalue weighted by Gasteiger charge is -2.18. The lowest BCUT2D eigenvalue weighted by molar-refractivity contribution is -0.167. The third kappa shape index (κ3) is 49.9. The van der Waals surface area contributed by atoms with Crippen molar-refractivity contribution in [3.05, 3.63) is 72.9 Å².